The topological polar surface area (TPSA) is 61.0 Å². The Hall–Kier alpha value is -1.82. The Balaban J connectivity index is 1.46. The number of aromatic amines is 1. The molecule has 1 fully saturated rings. The van der Waals surface area contributed by atoms with Crippen molar-refractivity contribution in [2.24, 2.45) is 5.92 Å². The van der Waals surface area contributed by atoms with E-state index in [0.29, 0.717) is 11.8 Å². The zero-order chi connectivity index (χ0) is 16.1. The van der Waals surface area contributed by atoms with Crippen LogP contribution in [0.15, 0.2) is 29.9 Å². The summed E-state index contributed by atoms with van der Waals surface area (Å²) in [4.78, 5) is 23.2. The summed E-state index contributed by atoms with van der Waals surface area (Å²) < 4.78 is 0. The van der Waals surface area contributed by atoms with Crippen molar-refractivity contribution in [2.45, 2.75) is 32.1 Å². The van der Waals surface area contributed by atoms with Crippen molar-refractivity contribution in [3.05, 3.63) is 40.6 Å². The summed E-state index contributed by atoms with van der Waals surface area (Å²) in [6.45, 7) is 4.49. The van der Waals surface area contributed by atoms with Crippen LogP contribution in [0, 0.1) is 5.92 Å². The number of urea groups is 1. The molecule has 0 aromatic carbocycles. The molecule has 2 aromatic rings. The second kappa shape index (κ2) is 7.64. The van der Waals surface area contributed by atoms with Crippen LogP contribution in [0.2, 0.25) is 0 Å². The Morgan fingerprint density at radius 1 is 1.61 bits per heavy atom. The van der Waals surface area contributed by atoms with Gasteiger partial charge in [0.1, 0.15) is 5.82 Å². The third-order valence-corrected chi connectivity index (χ3v) is 5.24. The van der Waals surface area contributed by atoms with Gasteiger partial charge in [0, 0.05) is 42.8 Å². The molecule has 0 unspecified atom stereocenters. The minimum Gasteiger partial charge on any atom is -0.348 e. The molecule has 0 aliphatic carbocycles. The molecule has 0 radical (unpaired) electrons. The summed E-state index contributed by atoms with van der Waals surface area (Å²) in [5.74, 6) is 1.77. The van der Waals surface area contributed by atoms with E-state index in [1.807, 2.05) is 11.1 Å². The van der Waals surface area contributed by atoms with E-state index >= 15 is 0 Å². The van der Waals surface area contributed by atoms with Crippen LogP contribution in [0.4, 0.5) is 4.79 Å². The normalized spacial score (nSPS) is 19.5. The van der Waals surface area contributed by atoms with Gasteiger partial charge in [0.15, 0.2) is 0 Å². The number of amides is 2. The Morgan fingerprint density at radius 3 is 3.26 bits per heavy atom. The molecule has 1 aliphatic heterocycles. The maximum Gasteiger partial charge on any atom is 0.317 e. The van der Waals surface area contributed by atoms with Crippen LogP contribution in [0.5, 0.6) is 0 Å². The fourth-order valence-corrected chi connectivity index (χ4v) is 3.97. The molecule has 2 atom stereocenters. The van der Waals surface area contributed by atoms with Gasteiger partial charge in [0.25, 0.3) is 0 Å². The number of imidazole rings is 1. The zero-order valence-corrected chi connectivity index (χ0v) is 14.3. The van der Waals surface area contributed by atoms with Gasteiger partial charge < -0.3 is 15.2 Å². The van der Waals surface area contributed by atoms with E-state index in [-0.39, 0.29) is 6.03 Å². The van der Waals surface area contributed by atoms with Crippen LogP contribution >= 0.6 is 11.3 Å². The van der Waals surface area contributed by atoms with Crippen LogP contribution in [0.1, 0.15) is 36.4 Å². The molecule has 1 aliphatic rings. The number of rotatable bonds is 5. The third-order valence-electron chi connectivity index (χ3n) is 4.35. The summed E-state index contributed by atoms with van der Waals surface area (Å²) in [6.07, 6.45) is 6.77. The Labute approximate surface area is 141 Å². The molecule has 124 valence electrons. The quantitative estimate of drug-likeness (QED) is 0.883. The van der Waals surface area contributed by atoms with Gasteiger partial charge in [0.05, 0.1) is 0 Å². The summed E-state index contributed by atoms with van der Waals surface area (Å²) in [7, 11) is 0. The van der Waals surface area contributed by atoms with Gasteiger partial charge in [0.2, 0.25) is 0 Å². The maximum absolute atomic E-state index is 12.4. The highest BCUT2D eigenvalue weighted by atomic mass is 32.1. The van der Waals surface area contributed by atoms with Gasteiger partial charge in [-0.15, -0.1) is 11.3 Å². The largest absolute Gasteiger partial charge is 0.348 e. The predicted molar refractivity (Wildman–Crippen MR) is 92.7 cm³/mol. The Kier molecular flexibility index (Phi) is 5.33. The smallest absolute Gasteiger partial charge is 0.317 e. The van der Waals surface area contributed by atoms with Crippen LogP contribution in [0.3, 0.4) is 0 Å². The summed E-state index contributed by atoms with van der Waals surface area (Å²) in [5.41, 5.74) is 0. The Bertz CT molecular complexity index is 596. The molecule has 3 rings (SSSR count). The molecule has 5 nitrogen and oxygen atoms in total. The van der Waals surface area contributed by atoms with E-state index in [4.69, 9.17) is 0 Å². The van der Waals surface area contributed by atoms with Crippen LogP contribution < -0.4 is 5.32 Å². The number of hydrogen-bond donors (Lipinski definition) is 2. The summed E-state index contributed by atoms with van der Waals surface area (Å²) in [6, 6.07) is 4.29. The van der Waals surface area contributed by atoms with E-state index in [1.54, 1.807) is 17.5 Å². The first-order valence-electron chi connectivity index (χ1n) is 8.27. The molecule has 2 N–H and O–H groups in total. The van der Waals surface area contributed by atoms with Crippen molar-refractivity contribution < 1.29 is 4.79 Å². The molecule has 2 amide bonds. The lowest BCUT2D eigenvalue weighted by molar-refractivity contribution is 0.177. The first-order valence-corrected chi connectivity index (χ1v) is 9.14. The molecule has 0 saturated carbocycles. The SMILES string of the molecule is C[C@H](CNC(=O)N1CCC[C@@H](c2ncc[nH]2)C1)Cc1cccs1. The third kappa shape index (κ3) is 4.34. The molecule has 0 spiro atoms. The molecule has 3 heterocycles. The van der Waals surface area contributed by atoms with Gasteiger partial charge in [-0.25, -0.2) is 9.78 Å². The van der Waals surface area contributed by atoms with Crippen molar-refractivity contribution >= 4 is 17.4 Å². The fourth-order valence-electron chi connectivity index (χ4n) is 3.10. The van der Waals surface area contributed by atoms with Crippen molar-refractivity contribution in [3.63, 3.8) is 0 Å². The van der Waals surface area contributed by atoms with Crippen LogP contribution in [-0.2, 0) is 6.42 Å². The molecule has 6 heteroatoms. The highest BCUT2D eigenvalue weighted by Crippen LogP contribution is 2.24. The summed E-state index contributed by atoms with van der Waals surface area (Å²) >= 11 is 1.78. The van der Waals surface area contributed by atoms with Crippen LogP contribution in [0.25, 0.3) is 0 Å². The second-order valence-corrected chi connectivity index (χ2v) is 7.37. The lowest BCUT2D eigenvalue weighted by Gasteiger charge is -2.32. The van der Waals surface area contributed by atoms with Gasteiger partial charge in [-0.3, -0.25) is 0 Å². The lowest BCUT2D eigenvalue weighted by atomic mass is 9.97. The number of aromatic nitrogens is 2. The fraction of sp³-hybridized carbons (Fsp3) is 0.529. The van der Waals surface area contributed by atoms with E-state index in [9.17, 15) is 4.79 Å². The molecule has 0 bridgehead atoms. The highest BCUT2D eigenvalue weighted by Gasteiger charge is 2.26. The van der Waals surface area contributed by atoms with Gasteiger partial charge in [-0.2, -0.15) is 0 Å². The van der Waals surface area contributed by atoms with Gasteiger partial charge in [-0.1, -0.05) is 13.0 Å². The molecule has 1 saturated heterocycles. The average molecular weight is 332 g/mol. The number of H-pyrrole nitrogens is 1. The van der Waals surface area contributed by atoms with Crippen molar-refractivity contribution in [2.75, 3.05) is 19.6 Å². The Morgan fingerprint density at radius 2 is 2.52 bits per heavy atom. The number of likely N-dealkylation sites (tertiary alicyclic amines) is 1. The highest BCUT2D eigenvalue weighted by molar-refractivity contribution is 7.09. The van der Waals surface area contributed by atoms with Gasteiger partial charge in [-0.05, 0) is 36.6 Å². The number of piperidine rings is 1. The van der Waals surface area contributed by atoms with Crippen molar-refractivity contribution in [1.29, 1.82) is 0 Å². The monoisotopic (exact) mass is 332 g/mol. The zero-order valence-electron chi connectivity index (χ0n) is 13.5. The number of nitrogens with zero attached hydrogens (tertiary/aromatic N) is 2. The molecule has 2 aromatic heterocycles. The predicted octanol–water partition coefficient (Wildman–Crippen LogP) is 3.24. The molecular weight excluding hydrogens is 308 g/mol. The summed E-state index contributed by atoms with van der Waals surface area (Å²) in [5, 5.41) is 5.19. The average Bonchev–Trinajstić information content (AvgIpc) is 3.26. The second-order valence-electron chi connectivity index (χ2n) is 6.33. The number of thiophene rings is 1. The van der Waals surface area contributed by atoms with Crippen molar-refractivity contribution in [3.8, 4) is 0 Å². The molecular formula is C17H24N4OS. The van der Waals surface area contributed by atoms with E-state index in [0.717, 1.165) is 44.7 Å². The first kappa shape index (κ1) is 16.1. The number of hydrogen-bond acceptors (Lipinski definition) is 3. The number of carbonyl (C=O) groups excluding carboxylic acids is 1. The van der Waals surface area contributed by atoms with Crippen LogP contribution in [-0.4, -0.2) is 40.5 Å². The standard InChI is InChI=1S/C17H24N4OS/c1-13(10-15-5-3-9-23-15)11-20-17(22)21-8-2-4-14(12-21)16-18-6-7-19-16/h3,5-7,9,13-14H,2,4,8,10-12H2,1H3,(H,18,19)(H,20,22)/t13-,14+/m0/s1. The maximum atomic E-state index is 12.4. The van der Waals surface area contributed by atoms with E-state index < -0.39 is 0 Å². The minimum absolute atomic E-state index is 0.0549. The molecule has 23 heavy (non-hydrogen) atoms. The number of carbonyl (C=O) groups is 1. The van der Waals surface area contributed by atoms with E-state index in [1.165, 1.54) is 4.88 Å². The van der Waals surface area contributed by atoms with Gasteiger partial charge >= 0.3 is 6.03 Å². The van der Waals surface area contributed by atoms with Crippen molar-refractivity contribution in [1.82, 2.24) is 20.2 Å². The van der Waals surface area contributed by atoms with E-state index in [2.05, 4.69) is 39.7 Å². The minimum atomic E-state index is 0.0549. The first-order chi connectivity index (χ1) is 11.2. The lowest BCUT2D eigenvalue weighted by Crippen LogP contribution is -2.46. The number of nitrogens with one attached hydrogen (secondary N) is 2.